The first kappa shape index (κ1) is 14.7. The minimum absolute atomic E-state index is 0.0432. The number of amides is 1. The van der Waals surface area contributed by atoms with Gasteiger partial charge in [-0.15, -0.1) is 0 Å². The van der Waals surface area contributed by atoms with Crippen LogP contribution < -0.4 is 11.1 Å². The molecule has 0 fully saturated rings. The van der Waals surface area contributed by atoms with Crippen LogP contribution in [0.15, 0.2) is 24.3 Å². The minimum atomic E-state index is -0.0432. The van der Waals surface area contributed by atoms with Crippen LogP contribution in [-0.2, 0) is 6.42 Å². The number of aliphatic hydroxyl groups excluding tert-OH is 1. The molecule has 100 valence electrons. The fourth-order valence-electron chi connectivity index (χ4n) is 1.71. The summed E-state index contributed by atoms with van der Waals surface area (Å²) in [5.74, 6) is -0.0432. The Morgan fingerprint density at radius 2 is 1.89 bits per heavy atom. The third-order valence-electron chi connectivity index (χ3n) is 2.77. The van der Waals surface area contributed by atoms with Crippen LogP contribution in [0.3, 0.4) is 0 Å². The fourth-order valence-corrected chi connectivity index (χ4v) is 1.71. The van der Waals surface area contributed by atoms with Crippen LogP contribution in [-0.4, -0.2) is 30.7 Å². The van der Waals surface area contributed by atoms with Crippen molar-refractivity contribution in [1.29, 1.82) is 0 Å². The molecule has 0 radical (unpaired) electrons. The van der Waals surface area contributed by atoms with Gasteiger partial charge in [0.05, 0.1) is 0 Å². The molecule has 0 saturated carbocycles. The second kappa shape index (κ2) is 8.66. The molecule has 4 N–H and O–H groups in total. The summed E-state index contributed by atoms with van der Waals surface area (Å²) in [5.41, 5.74) is 7.30. The Morgan fingerprint density at radius 1 is 1.17 bits per heavy atom. The van der Waals surface area contributed by atoms with Gasteiger partial charge in [0.1, 0.15) is 0 Å². The molecule has 1 amide bonds. The lowest BCUT2D eigenvalue weighted by Gasteiger charge is -2.05. The van der Waals surface area contributed by atoms with Crippen molar-refractivity contribution in [3.8, 4) is 0 Å². The standard InChI is InChI=1S/C14H22N2O2/c15-9-8-12-4-6-13(7-5-12)14(18)16-10-2-1-3-11-17/h4-7,17H,1-3,8-11,15H2,(H,16,18). The molecule has 1 aromatic rings. The average molecular weight is 250 g/mol. The second-order valence-electron chi connectivity index (χ2n) is 4.28. The summed E-state index contributed by atoms with van der Waals surface area (Å²) in [6.45, 7) is 1.50. The van der Waals surface area contributed by atoms with E-state index in [0.29, 0.717) is 18.7 Å². The Kier molecular flexibility index (Phi) is 7.06. The predicted molar refractivity (Wildman–Crippen MR) is 72.5 cm³/mol. The van der Waals surface area contributed by atoms with E-state index < -0.39 is 0 Å². The zero-order valence-electron chi connectivity index (χ0n) is 10.7. The minimum Gasteiger partial charge on any atom is -0.396 e. The molecule has 0 saturated heterocycles. The van der Waals surface area contributed by atoms with Crippen molar-refractivity contribution in [2.45, 2.75) is 25.7 Å². The zero-order valence-corrected chi connectivity index (χ0v) is 10.7. The van der Waals surface area contributed by atoms with E-state index in [0.717, 1.165) is 31.2 Å². The van der Waals surface area contributed by atoms with Gasteiger partial charge in [-0.25, -0.2) is 0 Å². The molecular weight excluding hydrogens is 228 g/mol. The Hall–Kier alpha value is -1.39. The summed E-state index contributed by atoms with van der Waals surface area (Å²) in [7, 11) is 0. The quantitative estimate of drug-likeness (QED) is 0.604. The van der Waals surface area contributed by atoms with Gasteiger partial charge in [0, 0.05) is 18.7 Å². The lowest BCUT2D eigenvalue weighted by Crippen LogP contribution is -2.24. The molecule has 1 rings (SSSR count). The van der Waals surface area contributed by atoms with Gasteiger partial charge in [0.15, 0.2) is 0 Å². The molecule has 0 heterocycles. The number of nitrogens with one attached hydrogen (secondary N) is 1. The first-order chi connectivity index (χ1) is 8.77. The number of benzene rings is 1. The second-order valence-corrected chi connectivity index (χ2v) is 4.28. The van der Waals surface area contributed by atoms with E-state index in [1.165, 1.54) is 0 Å². The molecule has 18 heavy (non-hydrogen) atoms. The van der Waals surface area contributed by atoms with Gasteiger partial charge in [-0.2, -0.15) is 0 Å². The highest BCUT2D eigenvalue weighted by atomic mass is 16.2. The number of hydrogen-bond acceptors (Lipinski definition) is 3. The molecule has 0 aliphatic heterocycles. The maximum atomic E-state index is 11.8. The van der Waals surface area contributed by atoms with Gasteiger partial charge >= 0.3 is 0 Å². The average Bonchev–Trinajstić information content (AvgIpc) is 2.39. The number of nitrogens with two attached hydrogens (primary N) is 1. The number of carbonyl (C=O) groups excluding carboxylic acids is 1. The molecule has 0 atom stereocenters. The maximum absolute atomic E-state index is 11.8. The molecule has 0 unspecified atom stereocenters. The van der Waals surface area contributed by atoms with E-state index >= 15 is 0 Å². The van der Waals surface area contributed by atoms with Crippen molar-refractivity contribution in [3.63, 3.8) is 0 Å². The molecule has 0 aliphatic rings. The van der Waals surface area contributed by atoms with Crippen molar-refractivity contribution in [3.05, 3.63) is 35.4 Å². The van der Waals surface area contributed by atoms with Crippen molar-refractivity contribution in [1.82, 2.24) is 5.32 Å². The summed E-state index contributed by atoms with van der Waals surface area (Å²) in [6, 6.07) is 7.53. The number of aliphatic hydroxyl groups is 1. The number of carbonyl (C=O) groups is 1. The third-order valence-corrected chi connectivity index (χ3v) is 2.77. The molecule has 0 bridgehead atoms. The maximum Gasteiger partial charge on any atom is 0.251 e. The molecular formula is C14H22N2O2. The van der Waals surface area contributed by atoms with Gasteiger partial charge in [-0.3, -0.25) is 4.79 Å². The van der Waals surface area contributed by atoms with Crippen LogP contribution in [0, 0.1) is 0 Å². The summed E-state index contributed by atoms with van der Waals surface area (Å²) in [6.07, 6.45) is 3.47. The number of rotatable bonds is 8. The van der Waals surface area contributed by atoms with E-state index in [2.05, 4.69) is 5.32 Å². The first-order valence-electron chi connectivity index (χ1n) is 6.46. The number of hydrogen-bond donors (Lipinski definition) is 3. The van der Waals surface area contributed by atoms with Gasteiger partial charge in [-0.05, 0) is 49.9 Å². The molecule has 4 heteroatoms. The van der Waals surface area contributed by atoms with Crippen LogP contribution in [0.25, 0.3) is 0 Å². The first-order valence-corrected chi connectivity index (χ1v) is 6.46. The molecule has 0 aromatic heterocycles. The highest BCUT2D eigenvalue weighted by Crippen LogP contribution is 2.05. The monoisotopic (exact) mass is 250 g/mol. The van der Waals surface area contributed by atoms with Crippen molar-refractivity contribution in [2.75, 3.05) is 19.7 Å². The van der Waals surface area contributed by atoms with Crippen molar-refractivity contribution < 1.29 is 9.90 Å². The summed E-state index contributed by atoms with van der Waals surface area (Å²) in [4.78, 5) is 11.8. The topological polar surface area (TPSA) is 75.4 Å². The smallest absolute Gasteiger partial charge is 0.251 e. The Morgan fingerprint density at radius 3 is 2.50 bits per heavy atom. The molecule has 0 spiro atoms. The van der Waals surface area contributed by atoms with E-state index in [1.54, 1.807) is 0 Å². The lowest BCUT2D eigenvalue weighted by molar-refractivity contribution is 0.0953. The molecule has 4 nitrogen and oxygen atoms in total. The Balaban J connectivity index is 2.32. The zero-order chi connectivity index (χ0) is 13.2. The molecule has 1 aromatic carbocycles. The van der Waals surface area contributed by atoms with E-state index in [9.17, 15) is 4.79 Å². The van der Waals surface area contributed by atoms with Crippen LogP contribution >= 0.6 is 0 Å². The lowest BCUT2D eigenvalue weighted by atomic mass is 10.1. The van der Waals surface area contributed by atoms with E-state index in [1.807, 2.05) is 24.3 Å². The van der Waals surface area contributed by atoms with Gasteiger partial charge in [0.25, 0.3) is 5.91 Å². The van der Waals surface area contributed by atoms with Crippen LogP contribution in [0.5, 0.6) is 0 Å². The van der Waals surface area contributed by atoms with Crippen LogP contribution in [0.1, 0.15) is 35.2 Å². The summed E-state index contributed by atoms with van der Waals surface area (Å²) >= 11 is 0. The highest BCUT2D eigenvalue weighted by Gasteiger charge is 2.04. The Labute approximate surface area is 108 Å². The molecule has 0 aliphatic carbocycles. The summed E-state index contributed by atoms with van der Waals surface area (Å²) < 4.78 is 0. The van der Waals surface area contributed by atoms with E-state index in [4.69, 9.17) is 10.8 Å². The summed E-state index contributed by atoms with van der Waals surface area (Å²) in [5, 5.41) is 11.5. The van der Waals surface area contributed by atoms with Crippen molar-refractivity contribution in [2.24, 2.45) is 5.73 Å². The fraction of sp³-hybridized carbons (Fsp3) is 0.500. The largest absolute Gasteiger partial charge is 0.396 e. The van der Waals surface area contributed by atoms with Gasteiger partial charge in [0.2, 0.25) is 0 Å². The Bertz CT molecular complexity index is 349. The third kappa shape index (κ3) is 5.29. The van der Waals surface area contributed by atoms with E-state index in [-0.39, 0.29) is 12.5 Å². The predicted octanol–water partition coefficient (Wildman–Crippen LogP) is 1.08. The number of unbranched alkanes of at least 4 members (excludes halogenated alkanes) is 2. The van der Waals surface area contributed by atoms with Crippen LogP contribution in [0.4, 0.5) is 0 Å². The highest BCUT2D eigenvalue weighted by molar-refractivity contribution is 5.94. The van der Waals surface area contributed by atoms with Crippen LogP contribution in [0.2, 0.25) is 0 Å². The van der Waals surface area contributed by atoms with Crippen molar-refractivity contribution >= 4 is 5.91 Å². The SMILES string of the molecule is NCCc1ccc(C(=O)NCCCCCO)cc1. The van der Waals surface area contributed by atoms with Gasteiger partial charge in [-0.1, -0.05) is 12.1 Å². The van der Waals surface area contributed by atoms with Gasteiger partial charge < -0.3 is 16.2 Å². The normalized spacial score (nSPS) is 10.3.